The maximum atomic E-state index is 14.0. The Bertz CT molecular complexity index is 542. The van der Waals surface area contributed by atoms with Crippen LogP contribution in [0.4, 0.5) is 10.1 Å². The summed E-state index contributed by atoms with van der Waals surface area (Å²) in [5, 5.41) is 11.3. The van der Waals surface area contributed by atoms with E-state index in [1.807, 2.05) is 0 Å². The molecule has 0 radical (unpaired) electrons. The molecule has 116 valence electrons. The van der Waals surface area contributed by atoms with Gasteiger partial charge in [0, 0.05) is 31.7 Å². The van der Waals surface area contributed by atoms with Gasteiger partial charge in [-0.05, 0) is 38.5 Å². The fraction of sp³-hybridized carbons (Fsp3) is 0.467. The molecule has 1 rings (SSSR count). The van der Waals surface area contributed by atoms with Gasteiger partial charge >= 0.3 is 5.97 Å². The van der Waals surface area contributed by atoms with Gasteiger partial charge in [0.25, 0.3) is 5.91 Å². The molecule has 0 aliphatic rings. The van der Waals surface area contributed by atoms with Gasteiger partial charge in [0.1, 0.15) is 5.82 Å². The monoisotopic (exact) mass is 296 g/mol. The van der Waals surface area contributed by atoms with E-state index in [2.05, 4.69) is 5.32 Å². The quantitative estimate of drug-likeness (QED) is 0.845. The highest BCUT2D eigenvalue weighted by atomic mass is 19.1. The highest BCUT2D eigenvalue weighted by Crippen LogP contribution is 2.18. The van der Waals surface area contributed by atoms with Gasteiger partial charge in [-0.15, -0.1) is 0 Å². The van der Waals surface area contributed by atoms with E-state index in [0.29, 0.717) is 5.69 Å². The number of anilines is 1. The second kappa shape index (κ2) is 6.56. The summed E-state index contributed by atoms with van der Waals surface area (Å²) in [7, 11) is 3.56. The molecule has 0 atom stereocenters. The van der Waals surface area contributed by atoms with E-state index in [9.17, 15) is 14.0 Å². The molecule has 5 nitrogen and oxygen atoms in total. The summed E-state index contributed by atoms with van der Waals surface area (Å²) in [5.41, 5.74) is -0.111. The van der Waals surface area contributed by atoms with Gasteiger partial charge in [-0.3, -0.25) is 9.59 Å². The lowest BCUT2D eigenvalue weighted by Crippen LogP contribution is -2.44. The molecule has 0 fully saturated rings. The van der Waals surface area contributed by atoms with E-state index >= 15 is 0 Å². The molecule has 0 aromatic heterocycles. The Morgan fingerprint density at radius 1 is 1.33 bits per heavy atom. The van der Waals surface area contributed by atoms with Crippen molar-refractivity contribution < 1.29 is 19.1 Å². The van der Waals surface area contributed by atoms with Crippen LogP contribution in [0.3, 0.4) is 0 Å². The number of rotatable bonds is 6. The Morgan fingerprint density at radius 2 is 1.95 bits per heavy atom. The number of aliphatic carboxylic acids is 1. The van der Waals surface area contributed by atoms with Crippen LogP contribution in [0.2, 0.25) is 0 Å². The van der Waals surface area contributed by atoms with Crippen LogP contribution in [-0.2, 0) is 4.79 Å². The van der Waals surface area contributed by atoms with Crippen molar-refractivity contribution in [3.05, 3.63) is 29.6 Å². The van der Waals surface area contributed by atoms with Crippen molar-refractivity contribution in [1.29, 1.82) is 0 Å². The zero-order chi connectivity index (χ0) is 16.2. The Hall–Kier alpha value is -2.11. The van der Waals surface area contributed by atoms with Crippen LogP contribution in [-0.4, -0.2) is 36.6 Å². The minimum absolute atomic E-state index is 0.0519. The molecule has 0 unspecified atom stereocenters. The van der Waals surface area contributed by atoms with Crippen molar-refractivity contribution in [2.24, 2.45) is 0 Å². The lowest BCUT2D eigenvalue weighted by atomic mass is 9.97. The summed E-state index contributed by atoms with van der Waals surface area (Å²) < 4.78 is 14.0. The lowest BCUT2D eigenvalue weighted by molar-refractivity contribution is -0.137. The number of nitrogens with zero attached hydrogens (tertiary/aromatic N) is 1. The second-order valence-electron chi connectivity index (χ2n) is 5.79. The summed E-state index contributed by atoms with van der Waals surface area (Å²) in [6.45, 7) is 3.42. The predicted octanol–water partition coefficient (Wildman–Crippen LogP) is 2.26. The number of halogens is 1. The second-order valence-corrected chi connectivity index (χ2v) is 5.79. The third-order valence-corrected chi connectivity index (χ3v) is 3.13. The molecule has 1 aromatic carbocycles. The molecule has 0 spiro atoms. The van der Waals surface area contributed by atoms with Crippen LogP contribution >= 0.6 is 0 Å². The highest BCUT2D eigenvalue weighted by molar-refractivity contribution is 5.95. The minimum atomic E-state index is -0.932. The lowest BCUT2D eigenvalue weighted by Gasteiger charge is -2.26. The molecule has 1 aromatic rings. The zero-order valence-corrected chi connectivity index (χ0v) is 12.7. The number of hydrogen-bond acceptors (Lipinski definition) is 3. The van der Waals surface area contributed by atoms with Gasteiger partial charge in [-0.25, -0.2) is 4.39 Å². The number of hydrogen-bond donors (Lipinski definition) is 2. The van der Waals surface area contributed by atoms with Crippen molar-refractivity contribution in [3.8, 4) is 0 Å². The molecule has 1 amide bonds. The van der Waals surface area contributed by atoms with E-state index in [-0.39, 0.29) is 18.4 Å². The van der Waals surface area contributed by atoms with Crippen LogP contribution in [0.25, 0.3) is 0 Å². The Labute approximate surface area is 123 Å². The fourth-order valence-electron chi connectivity index (χ4n) is 1.82. The van der Waals surface area contributed by atoms with Crippen LogP contribution < -0.4 is 10.2 Å². The summed E-state index contributed by atoms with van der Waals surface area (Å²) >= 11 is 0. The number of carboxylic acids is 1. The standard InChI is InChI=1S/C15H21FN2O3/c1-15(2,8-7-13(19)20)17-14(21)11-6-5-10(18(3)4)9-12(11)16/h5-6,9H,7-8H2,1-4H3,(H,17,21)(H,19,20). The summed E-state index contributed by atoms with van der Waals surface area (Å²) in [4.78, 5) is 24.4. The van der Waals surface area contributed by atoms with E-state index < -0.39 is 23.2 Å². The van der Waals surface area contributed by atoms with Crippen LogP contribution in [0.1, 0.15) is 37.0 Å². The molecule has 21 heavy (non-hydrogen) atoms. The van der Waals surface area contributed by atoms with Crippen LogP contribution in [0, 0.1) is 5.82 Å². The Balaban J connectivity index is 2.82. The van der Waals surface area contributed by atoms with Crippen molar-refractivity contribution in [2.45, 2.75) is 32.2 Å². The minimum Gasteiger partial charge on any atom is -0.481 e. The SMILES string of the molecule is CN(C)c1ccc(C(=O)NC(C)(C)CCC(=O)O)c(F)c1. The number of carboxylic acid groups (broad SMARTS) is 1. The first-order valence-electron chi connectivity index (χ1n) is 6.63. The number of benzene rings is 1. The third kappa shape index (κ3) is 5.06. The number of nitrogens with one attached hydrogen (secondary N) is 1. The average molecular weight is 296 g/mol. The third-order valence-electron chi connectivity index (χ3n) is 3.13. The largest absolute Gasteiger partial charge is 0.481 e. The molecule has 0 bridgehead atoms. The van der Waals surface area contributed by atoms with Crippen molar-refractivity contribution >= 4 is 17.6 Å². The highest BCUT2D eigenvalue weighted by Gasteiger charge is 2.23. The van der Waals surface area contributed by atoms with Crippen molar-refractivity contribution in [3.63, 3.8) is 0 Å². The van der Waals surface area contributed by atoms with E-state index in [0.717, 1.165) is 0 Å². The molecule has 0 saturated carbocycles. The van der Waals surface area contributed by atoms with Crippen LogP contribution in [0.15, 0.2) is 18.2 Å². The Kier molecular flexibility index (Phi) is 5.29. The number of carbonyl (C=O) groups excluding carboxylic acids is 1. The smallest absolute Gasteiger partial charge is 0.303 e. The predicted molar refractivity (Wildman–Crippen MR) is 79.1 cm³/mol. The molecular formula is C15H21FN2O3. The van der Waals surface area contributed by atoms with Gasteiger partial charge in [-0.1, -0.05) is 0 Å². The maximum absolute atomic E-state index is 14.0. The molecule has 6 heteroatoms. The number of amides is 1. The van der Waals surface area contributed by atoms with Crippen molar-refractivity contribution in [2.75, 3.05) is 19.0 Å². The van der Waals surface area contributed by atoms with Crippen LogP contribution in [0.5, 0.6) is 0 Å². The molecular weight excluding hydrogens is 275 g/mol. The van der Waals surface area contributed by atoms with E-state index in [4.69, 9.17) is 5.11 Å². The normalized spacial score (nSPS) is 11.1. The summed E-state index contributed by atoms with van der Waals surface area (Å²) in [5.74, 6) is -2.08. The summed E-state index contributed by atoms with van der Waals surface area (Å²) in [6, 6.07) is 4.37. The van der Waals surface area contributed by atoms with Crippen molar-refractivity contribution in [1.82, 2.24) is 5.32 Å². The van der Waals surface area contributed by atoms with E-state index in [1.54, 1.807) is 38.9 Å². The topological polar surface area (TPSA) is 69.6 Å². The van der Waals surface area contributed by atoms with Gasteiger partial charge in [-0.2, -0.15) is 0 Å². The first-order chi connectivity index (χ1) is 9.62. The average Bonchev–Trinajstić information content (AvgIpc) is 2.35. The van der Waals surface area contributed by atoms with Gasteiger partial charge in [0.05, 0.1) is 5.56 Å². The van der Waals surface area contributed by atoms with Gasteiger partial charge in [0.15, 0.2) is 0 Å². The molecule has 0 aliphatic heterocycles. The zero-order valence-electron chi connectivity index (χ0n) is 12.7. The Morgan fingerprint density at radius 3 is 2.43 bits per heavy atom. The fourth-order valence-corrected chi connectivity index (χ4v) is 1.82. The first kappa shape index (κ1) is 16.9. The van der Waals surface area contributed by atoms with E-state index in [1.165, 1.54) is 12.1 Å². The molecule has 0 saturated heterocycles. The maximum Gasteiger partial charge on any atom is 0.303 e. The molecule has 0 aliphatic carbocycles. The molecule has 2 N–H and O–H groups in total. The number of carbonyl (C=O) groups is 2. The van der Waals surface area contributed by atoms with Gasteiger partial charge in [0.2, 0.25) is 0 Å². The van der Waals surface area contributed by atoms with Gasteiger partial charge < -0.3 is 15.3 Å². The first-order valence-corrected chi connectivity index (χ1v) is 6.63. The summed E-state index contributed by atoms with van der Waals surface area (Å²) in [6.07, 6.45) is 0.209. The molecule has 0 heterocycles.